The fraction of sp³-hybridized carbons (Fsp3) is 0.176. The van der Waals surface area contributed by atoms with Crippen molar-refractivity contribution in [2.24, 2.45) is 0 Å². The van der Waals surface area contributed by atoms with Crippen LogP contribution in [-0.2, 0) is 5.60 Å². The van der Waals surface area contributed by atoms with Gasteiger partial charge in [0.25, 0.3) is 0 Å². The lowest BCUT2D eigenvalue weighted by Crippen LogP contribution is -2.40. The summed E-state index contributed by atoms with van der Waals surface area (Å²) in [5.41, 5.74) is 0.405. The van der Waals surface area contributed by atoms with Gasteiger partial charge >= 0.3 is 6.03 Å². The van der Waals surface area contributed by atoms with Gasteiger partial charge in [-0.05, 0) is 42.6 Å². The van der Waals surface area contributed by atoms with Crippen molar-refractivity contribution in [1.82, 2.24) is 15.1 Å². The molecule has 1 unspecified atom stereocenters. The van der Waals surface area contributed by atoms with Gasteiger partial charge in [-0.3, -0.25) is 0 Å². The van der Waals surface area contributed by atoms with Crippen molar-refractivity contribution in [1.29, 1.82) is 0 Å². The Kier molecular flexibility index (Phi) is 4.64. The Morgan fingerprint density at radius 2 is 2.21 bits per heavy atom. The van der Waals surface area contributed by atoms with Crippen molar-refractivity contribution in [3.05, 3.63) is 65.1 Å². The third-order valence-corrected chi connectivity index (χ3v) is 4.64. The summed E-state index contributed by atoms with van der Waals surface area (Å²) in [5, 5.41) is 21.9. The van der Waals surface area contributed by atoms with E-state index < -0.39 is 5.60 Å². The average molecular weight is 342 g/mol. The number of amides is 2. The number of anilines is 1. The number of aliphatic hydroxyl groups is 1. The topological polar surface area (TPSA) is 79.2 Å². The van der Waals surface area contributed by atoms with Crippen molar-refractivity contribution in [3.8, 4) is 5.69 Å². The molecule has 1 aromatic carbocycles. The van der Waals surface area contributed by atoms with E-state index in [1.165, 1.54) is 11.3 Å². The fourth-order valence-corrected chi connectivity index (χ4v) is 3.03. The number of carbonyl (C=O) groups is 1. The molecule has 0 bridgehead atoms. The van der Waals surface area contributed by atoms with Crippen LogP contribution in [0.15, 0.2) is 60.2 Å². The molecule has 3 aromatic rings. The summed E-state index contributed by atoms with van der Waals surface area (Å²) in [7, 11) is 0. The number of urea groups is 1. The highest BCUT2D eigenvalue weighted by atomic mass is 32.1. The van der Waals surface area contributed by atoms with E-state index in [-0.39, 0.29) is 12.6 Å². The molecule has 124 valence electrons. The lowest BCUT2D eigenvalue weighted by Gasteiger charge is -2.22. The summed E-state index contributed by atoms with van der Waals surface area (Å²) in [4.78, 5) is 12.9. The van der Waals surface area contributed by atoms with Crippen molar-refractivity contribution in [3.63, 3.8) is 0 Å². The third kappa shape index (κ3) is 3.81. The van der Waals surface area contributed by atoms with E-state index in [9.17, 15) is 9.90 Å². The highest BCUT2D eigenvalue weighted by Crippen LogP contribution is 2.24. The third-order valence-electron chi connectivity index (χ3n) is 3.52. The number of nitrogens with one attached hydrogen (secondary N) is 2. The van der Waals surface area contributed by atoms with Gasteiger partial charge in [-0.2, -0.15) is 5.10 Å². The number of carbonyl (C=O) groups excluding carboxylic acids is 1. The molecule has 0 aliphatic rings. The van der Waals surface area contributed by atoms with Crippen molar-refractivity contribution < 1.29 is 9.90 Å². The smallest absolute Gasteiger partial charge is 0.319 e. The van der Waals surface area contributed by atoms with Gasteiger partial charge in [0.2, 0.25) is 0 Å². The second-order valence-electron chi connectivity index (χ2n) is 5.56. The second-order valence-corrected chi connectivity index (χ2v) is 6.51. The summed E-state index contributed by atoms with van der Waals surface area (Å²) in [6.07, 6.45) is 3.52. The Morgan fingerprint density at radius 3 is 2.92 bits per heavy atom. The molecule has 24 heavy (non-hydrogen) atoms. The van der Waals surface area contributed by atoms with Crippen LogP contribution < -0.4 is 10.6 Å². The molecule has 0 spiro atoms. The van der Waals surface area contributed by atoms with E-state index >= 15 is 0 Å². The molecule has 7 heteroatoms. The van der Waals surface area contributed by atoms with Crippen LogP contribution in [0, 0.1) is 0 Å². The lowest BCUT2D eigenvalue weighted by atomic mass is 10.1. The van der Waals surface area contributed by atoms with Crippen LogP contribution in [-0.4, -0.2) is 27.5 Å². The van der Waals surface area contributed by atoms with Gasteiger partial charge in [0.1, 0.15) is 5.60 Å². The number of benzene rings is 1. The fourth-order valence-electron chi connectivity index (χ4n) is 2.25. The molecule has 2 heterocycles. The average Bonchev–Trinajstić information content (AvgIpc) is 3.26. The zero-order valence-electron chi connectivity index (χ0n) is 13.1. The van der Waals surface area contributed by atoms with E-state index in [1.54, 1.807) is 23.9 Å². The number of hydrogen-bond acceptors (Lipinski definition) is 4. The van der Waals surface area contributed by atoms with Crippen molar-refractivity contribution >= 4 is 23.1 Å². The molecule has 0 radical (unpaired) electrons. The highest BCUT2D eigenvalue weighted by molar-refractivity contribution is 7.10. The SMILES string of the molecule is CC(O)(CNC(=O)Nc1cccc(-n2cccn2)c1)c1cccs1. The molecular weight excluding hydrogens is 324 g/mol. The highest BCUT2D eigenvalue weighted by Gasteiger charge is 2.24. The zero-order chi connectivity index (χ0) is 17.0. The second kappa shape index (κ2) is 6.86. The molecule has 6 nitrogen and oxygen atoms in total. The molecule has 0 aliphatic heterocycles. The molecule has 3 rings (SSSR count). The van der Waals surface area contributed by atoms with Crippen molar-refractivity contribution in [2.75, 3.05) is 11.9 Å². The molecule has 0 saturated heterocycles. The van der Waals surface area contributed by atoms with Crippen LogP contribution >= 0.6 is 11.3 Å². The van der Waals surface area contributed by atoms with E-state index in [1.807, 2.05) is 48.0 Å². The van der Waals surface area contributed by atoms with Gasteiger partial charge in [-0.15, -0.1) is 11.3 Å². The first-order chi connectivity index (χ1) is 11.5. The normalized spacial score (nSPS) is 13.2. The lowest BCUT2D eigenvalue weighted by molar-refractivity contribution is 0.0637. The summed E-state index contributed by atoms with van der Waals surface area (Å²) in [6.45, 7) is 1.80. The molecule has 2 aromatic heterocycles. The molecule has 0 fully saturated rings. The predicted octanol–water partition coefficient (Wildman–Crippen LogP) is 2.96. The van der Waals surface area contributed by atoms with Crippen LogP contribution in [0.4, 0.5) is 10.5 Å². The van der Waals surface area contributed by atoms with Gasteiger partial charge < -0.3 is 15.7 Å². The maximum absolute atomic E-state index is 12.1. The Hall–Kier alpha value is -2.64. The summed E-state index contributed by atoms with van der Waals surface area (Å²) in [5.74, 6) is 0. The molecule has 3 N–H and O–H groups in total. The zero-order valence-corrected chi connectivity index (χ0v) is 14.0. The first-order valence-electron chi connectivity index (χ1n) is 7.46. The molecule has 1 atom stereocenters. The van der Waals surface area contributed by atoms with Crippen LogP contribution in [0.2, 0.25) is 0 Å². The standard InChI is InChI=1S/C17H18N4O2S/c1-17(23,15-7-3-10-24-15)12-18-16(22)20-13-5-2-6-14(11-13)21-9-4-8-19-21/h2-11,23H,12H2,1H3,(H2,18,20,22). The Labute approximate surface area is 143 Å². The summed E-state index contributed by atoms with van der Waals surface area (Å²) in [6, 6.07) is 12.5. The number of nitrogens with zero attached hydrogens (tertiary/aromatic N) is 2. The van der Waals surface area contributed by atoms with Crippen LogP contribution in [0.25, 0.3) is 5.69 Å². The monoisotopic (exact) mass is 342 g/mol. The first kappa shape index (κ1) is 16.2. The van der Waals surface area contributed by atoms with Crippen LogP contribution in [0.3, 0.4) is 0 Å². The van der Waals surface area contributed by atoms with Gasteiger partial charge in [0.15, 0.2) is 0 Å². The minimum Gasteiger partial charge on any atom is -0.383 e. The maximum atomic E-state index is 12.1. The Balaban J connectivity index is 1.60. The van der Waals surface area contributed by atoms with Gasteiger partial charge in [-0.1, -0.05) is 12.1 Å². The molecule has 2 amide bonds. The Morgan fingerprint density at radius 1 is 1.33 bits per heavy atom. The largest absolute Gasteiger partial charge is 0.383 e. The number of thiophene rings is 1. The van der Waals surface area contributed by atoms with E-state index in [4.69, 9.17) is 0 Å². The minimum atomic E-state index is -1.09. The number of hydrogen-bond donors (Lipinski definition) is 3. The number of rotatable bonds is 5. The predicted molar refractivity (Wildman–Crippen MR) is 94.5 cm³/mol. The molecular formula is C17H18N4O2S. The number of aromatic nitrogens is 2. The molecule has 0 aliphatic carbocycles. The van der Waals surface area contributed by atoms with E-state index in [0.717, 1.165) is 10.6 Å². The first-order valence-corrected chi connectivity index (χ1v) is 8.34. The molecule has 0 saturated carbocycles. The summed E-state index contributed by atoms with van der Waals surface area (Å²) < 4.78 is 1.71. The van der Waals surface area contributed by atoms with Gasteiger partial charge in [0.05, 0.1) is 12.2 Å². The van der Waals surface area contributed by atoms with Crippen LogP contribution in [0.5, 0.6) is 0 Å². The van der Waals surface area contributed by atoms with E-state index in [0.29, 0.717) is 5.69 Å². The van der Waals surface area contributed by atoms with Gasteiger partial charge in [-0.25, -0.2) is 9.48 Å². The summed E-state index contributed by atoms with van der Waals surface area (Å²) >= 11 is 1.45. The quantitative estimate of drug-likeness (QED) is 0.667. The van der Waals surface area contributed by atoms with Crippen molar-refractivity contribution in [2.45, 2.75) is 12.5 Å². The van der Waals surface area contributed by atoms with E-state index in [2.05, 4.69) is 15.7 Å². The Bertz CT molecular complexity index is 798. The van der Waals surface area contributed by atoms with Gasteiger partial charge in [0, 0.05) is 23.0 Å². The minimum absolute atomic E-state index is 0.123. The maximum Gasteiger partial charge on any atom is 0.319 e. The van der Waals surface area contributed by atoms with Crippen LogP contribution in [0.1, 0.15) is 11.8 Å².